The van der Waals surface area contributed by atoms with Crippen LogP contribution >= 0.6 is 0 Å². The lowest BCUT2D eigenvalue weighted by atomic mass is 10.0. The van der Waals surface area contributed by atoms with Gasteiger partial charge in [0.2, 0.25) is 5.76 Å². The molecule has 1 aromatic rings. The zero-order chi connectivity index (χ0) is 22.6. The maximum absolute atomic E-state index is 12.5. The van der Waals surface area contributed by atoms with E-state index < -0.39 is 12.3 Å². The summed E-state index contributed by atoms with van der Waals surface area (Å²) in [6.07, 6.45) is 11.3. The van der Waals surface area contributed by atoms with Crippen LogP contribution in [0.1, 0.15) is 63.1 Å². The Labute approximate surface area is 186 Å². The predicted octanol–water partition coefficient (Wildman–Crippen LogP) is 6.04. The van der Waals surface area contributed by atoms with Crippen molar-refractivity contribution in [1.82, 2.24) is 0 Å². The highest BCUT2D eigenvalue weighted by atomic mass is 16.7. The number of carbonyl (C=O) groups excluding carboxylic acids is 1. The van der Waals surface area contributed by atoms with Gasteiger partial charge in [0.25, 0.3) is 0 Å². The first-order chi connectivity index (χ1) is 15.0. The fourth-order valence-electron chi connectivity index (χ4n) is 3.54. The molecule has 2 rings (SSSR count). The normalized spacial score (nSPS) is 17.6. The van der Waals surface area contributed by atoms with Gasteiger partial charge in [-0.25, -0.2) is 4.79 Å². The highest BCUT2D eigenvalue weighted by Gasteiger charge is 2.21. The summed E-state index contributed by atoms with van der Waals surface area (Å²) < 4.78 is 22.8. The number of hydrogen-bond acceptors (Lipinski definition) is 5. The molecular formula is C26H36O5. The summed E-state index contributed by atoms with van der Waals surface area (Å²) in [4.78, 5) is 12.5. The van der Waals surface area contributed by atoms with Gasteiger partial charge in [0, 0.05) is 6.42 Å². The molecule has 1 atom stereocenters. The lowest BCUT2D eigenvalue weighted by Crippen LogP contribution is -2.24. The Morgan fingerprint density at radius 2 is 1.94 bits per heavy atom. The van der Waals surface area contributed by atoms with Gasteiger partial charge in [0.1, 0.15) is 12.4 Å². The fraction of sp³-hybridized carbons (Fsp3) is 0.500. The lowest BCUT2D eigenvalue weighted by molar-refractivity contribution is -0.162. The van der Waals surface area contributed by atoms with Crippen LogP contribution in [0.25, 0.3) is 6.08 Å². The second kappa shape index (κ2) is 13.0. The van der Waals surface area contributed by atoms with Gasteiger partial charge >= 0.3 is 5.97 Å². The minimum atomic E-state index is -0.479. The summed E-state index contributed by atoms with van der Waals surface area (Å²) in [6.45, 7) is 11.4. The van der Waals surface area contributed by atoms with Gasteiger partial charge in [-0.3, -0.25) is 0 Å². The molecule has 1 aliphatic heterocycles. The van der Waals surface area contributed by atoms with Crippen molar-refractivity contribution in [2.75, 3.05) is 19.8 Å². The van der Waals surface area contributed by atoms with Crippen LogP contribution < -0.4 is 4.74 Å². The van der Waals surface area contributed by atoms with Crippen molar-refractivity contribution < 1.29 is 23.7 Å². The van der Waals surface area contributed by atoms with E-state index in [0.717, 1.165) is 53.7 Å². The SMILES string of the molecule is C/C=C\C(=C/CC)COc1c(C)cc(/C=C(\OC2CCCCO2)C(=O)OCC)cc1C. The van der Waals surface area contributed by atoms with Crippen molar-refractivity contribution in [3.63, 3.8) is 0 Å². The average Bonchev–Trinajstić information content (AvgIpc) is 2.74. The lowest BCUT2D eigenvalue weighted by Gasteiger charge is -2.24. The molecule has 1 heterocycles. The van der Waals surface area contributed by atoms with E-state index in [1.807, 2.05) is 39.0 Å². The van der Waals surface area contributed by atoms with E-state index in [0.29, 0.717) is 13.2 Å². The molecule has 1 saturated heterocycles. The zero-order valence-corrected chi connectivity index (χ0v) is 19.5. The number of hydrogen-bond donors (Lipinski definition) is 0. The van der Waals surface area contributed by atoms with Crippen LogP contribution in [0, 0.1) is 13.8 Å². The van der Waals surface area contributed by atoms with E-state index in [4.69, 9.17) is 18.9 Å². The third kappa shape index (κ3) is 7.91. The first-order valence-electron chi connectivity index (χ1n) is 11.2. The third-order valence-corrected chi connectivity index (χ3v) is 4.88. The Balaban J connectivity index is 2.23. The maximum Gasteiger partial charge on any atom is 0.373 e. The van der Waals surface area contributed by atoms with Gasteiger partial charge in [-0.2, -0.15) is 0 Å². The molecule has 0 spiro atoms. The third-order valence-electron chi connectivity index (χ3n) is 4.88. The number of allylic oxidation sites excluding steroid dienone is 2. The summed E-state index contributed by atoms with van der Waals surface area (Å²) in [6, 6.07) is 3.98. The first kappa shape index (κ1) is 24.7. The molecule has 0 bridgehead atoms. The van der Waals surface area contributed by atoms with Gasteiger partial charge in [0.05, 0.1) is 13.2 Å². The quantitative estimate of drug-likeness (QED) is 0.197. The van der Waals surface area contributed by atoms with Gasteiger partial charge in [-0.1, -0.05) is 25.2 Å². The van der Waals surface area contributed by atoms with Gasteiger partial charge < -0.3 is 18.9 Å². The molecule has 0 aromatic heterocycles. The van der Waals surface area contributed by atoms with Gasteiger partial charge in [-0.15, -0.1) is 0 Å². The minimum absolute atomic E-state index is 0.169. The van der Waals surface area contributed by atoms with Crippen molar-refractivity contribution in [2.45, 2.75) is 66.6 Å². The Morgan fingerprint density at radius 1 is 1.19 bits per heavy atom. The van der Waals surface area contributed by atoms with Crippen LogP contribution in [0.15, 0.2) is 41.7 Å². The van der Waals surface area contributed by atoms with Crippen LogP contribution in [0.3, 0.4) is 0 Å². The summed E-state index contributed by atoms with van der Waals surface area (Å²) in [5.74, 6) is 0.549. The number of rotatable bonds is 10. The number of carbonyl (C=O) groups is 1. The van der Waals surface area contributed by atoms with E-state index in [1.165, 1.54) is 0 Å². The summed E-state index contributed by atoms with van der Waals surface area (Å²) >= 11 is 0. The van der Waals surface area contributed by atoms with Crippen molar-refractivity contribution in [3.05, 3.63) is 58.4 Å². The molecule has 31 heavy (non-hydrogen) atoms. The molecule has 0 N–H and O–H groups in total. The average molecular weight is 429 g/mol. The molecule has 5 nitrogen and oxygen atoms in total. The monoisotopic (exact) mass is 428 g/mol. The van der Waals surface area contributed by atoms with E-state index in [1.54, 1.807) is 13.0 Å². The highest BCUT2D eigenvalue weighted by Crippen LogP contribution is 2.27. The van der Waals surface area contributed by atoms with Gasteiger partial charge in [-0.05, 0) is 87.4 Å². The molecule has 1 aliphatic rings. The van der Waals surface area contributed by atoms with Crippen LogP contribution in [-0.2, 0) is 19.0 Å². The number of esters is 1. The fourth-order valence-corrected chi connectivity index (χ4v) is 3.54. The van der Waals surface area contributed by atoms with Crippen LogP contribution in [0.5, 0.6) is 5.75 Å². The van der Waals surface area contributed by atoms with Crippen LogP contribution in [0.4, 0.5) is 0 Å². The van der Waals surface area contributed by atoms with Crippen LogP contribution in [0.2, 0.25) is 0 Å². The zero-order valence-electron chi connectivity index (χ0n) is 19.5. The molecular weight excluding hydrogens is 392 g/mol. The first-order valence-corrected chi connectivity index (χ1v) is 11.2. The number of ether oxygens (including phenoxy) is 4. The Bertz CT molecular complexity index is 790. The van der Waals surface area contributed by atoms with E-state index in [-0.39, 0.29) is 12.4 Å². The highest BCUT2D eigenvalue weighted by molar-refractivity contribution is 5.91. The molecule has 0 radical (unpaired) electrons. The molecule has 170 valence electrons. The van der Waals surface area contributed by atoms with E-state index in [2.05, 4.69) is 19.1 Å². The number of benzene rings is 1. The Kier molecular flexibility index (Phi) is 10.4. The smallest absolute Gasteiger partial charge is 0.373 e. The maximum atomic E-state index is 12.5. The standard InChI is InChI=1S/C26H36O5/c1-6-11-21(12-7-2)18-30-25-19(4)15-22(16-20(25)5)17-23(26(27)28-8-3)31-24-13-9-10-14-29-24/h6,11-12,15-17,24H,7-10,13-14,18H2,1-5H3/b11-6-,21-12+,23-17-. The van der Waals surface area contributed by atoms with Crippen molar-refractivity contribution in [3.8, 4) is 5.75 Å². The van der Waals surface area contributed by atoms with Gasteiger partial charge in [0.15, 0.2) is 6.29 Å². The van der Waals surface area contributed by atoms with E-state index >= 15 is 0 Å². The summed E-state index contributed by atoms with van der Waals surface area (Å²) in [7, 11) is 0. The second-order valence-electron chi connectivity index (χ2n) is 7.60. The largest absolute Gasteiger partial charge is 0.488 e. The minimum Gasteiger partial charge on any atom is -0.488 e. The van der Waals surface area contributed by atoms with Crippen molar-refractivity contribution >= 4 is 12.0 Å². The molecule has 1 aromatic carbocycles. The molecule has 1 unspecified atom stereocenters. The van der Waals surface area contributed by atoms with Crippen molar-refractivity contribution in [2.24, 2.45) is 0 Å². The summed E-state index contributed by atoms with van der Waals surface area (Å²) in [5, 5.41) is 0. The molecule has 0 aliphatic carbocycles. The molecule has 5 heteroatoms. The van der Waals surface area contributed by atoms with Crippen molar-refractivity contribution in [1.29, 1.82) is 0 Å². The Morgan fingerprint density at radius 3 is 2.52 bits per heavy atom. The van der Waals surface area contributed by atoms with E-state index in [9.17, 15) is 4.79 Å². The number of aryl methyl sites for hydroxylation is 2. The predicted molar refractivity (Wildman–Crippen MR) is 124 cm³/mol. The molecule has 0 saturated carbocycles. The Hall–Kier alpha value is -2.53. The second-order valence-corrected chi connectivity index (χ2v) is 7.60. The molecule has 1 fully saturated rings. The summed E-state index contributed by atoms with van der Waals surface area (Å²) in [5.41, 5.74) is 4.01. The molecule has 0 amide bonds. The topological polar surface area (TPSA) is 54.0 Å². The van der Waals surface area contributed by atoms with Crippen LogP contribution in [-0.4, -0.2) is 32.1 Å².